The minimum absolute atomic E-state index is 0.291. The summed E-state index contributed by atoms with van der Waals surface area (Å²) in [6.45, 7) is 0.306. The maximum atomic E-state index is 13.5. The van der Waals surface area contributed by atoms with Crippen LogP contribution in [0.15, 0.2) is 24.5 Å². The normalized spacial score (nSPS) is 20.7. The summed E-state index contributed by atoms with van der Waals surface area (Å²) in [6.07, 6.45) is 3.49. The SMILES string of the molecule is CN(C)c1nc(-c2ccncc2)nc2c1CCN(C(=O)[C@@H]1CC(F)(F)CN1)C2. The third-order valence-corrected chi connectivity index (χ3v) is 5.13. The number of amides is 1. The lowest BCUT2D eigenvalue weighted by Crippen LogP contribution is -2.46. The van der Waals surface area contributed by atoms with Crippen molar-refractivity contribution < 1.29 is 13.6 Å². The van der Waals surface area contributed by atoms with E-state index >= 15 is 0 Å². The van der Waals surface area contributed by atoms with Crippen LogP contribution in [-0.2, 0) is 17.8 Å². The van der Waals surface area contributed by atoms with E-state index < -0.39 is 24.9 Å². The molecule has 1 atom stereocenters. The molecule has 4 heterocycles. The summed E-state index contributed by atoms with van der Waals surface area (Å²) < 4.78 is 27.0. The summed E-state index contributed by atoms with van der Waals surface area (Å²) in [5, 5.41) is 2.65. The second-order valence-electron chi connectivity index (χ2n) is 7.43. The van der Waals surface area contributed by atoms with Gasteiger partial charge in [-0.2, -0.15) is 0 Å². The molecule has 2 aromatic rings. The minimum atomic E-state index is -2.83. The molecule has 1 N–H and O–H groups in total. The molecule has 1 fully saturated rings. The first kappa shape index (κ1) is 18.7. The molecule has 0 radical (unpaired) electrons. The van der Waals surface area contributed by atoms with E-state index in [0.717, 1.165) is 22.6 Å². The lowest BCUT2D eigenvalue weighted by molar-refractivity contribution is -0.134. The number of hydrogen-bond acceptors (Lipinski definition) is 6. The zero-order chi connectivity index (χ0) is 19.9. The first-order valence-electron chi connectivity index (χ1n) is 9.21. The van der Waals surface area contributed by atoms with Crippen LogP contribution in [0.2, 0.25) is 0 Å². The van der Waals surface area contributed by atoms with Gasteiger partial charge in [-0.05, 0) is 18.6 Å². The summed E-state index contributed by atoms with van der Waals surface area (Å²) >= 11 is 0. The number of pyridine rings is 1. The zero-order valence-electron chi connectivity index (χ0n) is 15.8. The van der Waals surface area contributed by atoms with E-state index in [1.807, 2.05) is 31.1 Å². The quantitative estimate of drug-likeness (QED) is 0.859. The molecule has 1 saturated heterocycles. The standard InChI is InChI=1S/C19H22F2N6O/c1-26(2)17-13-5-8-27(18(28)14-9-19(20,21)11-23-14)10-15(13)24-16(25-17)12-3-6-22-7-4-12/h3-4,6-7,14,23H,5,8-11H2,1-2H3/t14-/m0/s1. The molecule has 4 rings (SSSR count). The van der Waals surface area contributed by atoms with Gasteiger partial charge < -0.3 is 9.80 Å². The molecule has 7 nitrogen and oxygen atoms in total. The van der Waals surface area contributed by atoms with Gasteiger partial charge in [0, 0.05) is 50.6 Å². The zero-order valence-corrected chi connectivity index (χ0v) is 15.8. The predicted molar refractivity (Wildman–Crippen MR) is 100 cm³/mol. The number of carbonyl (C=O) groups excluding carboxylic acids is 1. The molecule has 2 aliphatic heterocycles. The van der Waals surface area contributed by atoms with E-state index in [1.54, 1.807) is 17.3 Å². The fourth-order valence-electron chi connectivity index (χ4n) is 3.71. The molecule has 0 bridgehead atoms. The molecule has 0 saturated carbocycles. The monoisotopic (exact) mass is 388 g/mol. The Kier molecular flexibility index (Phi) is 4.70. The van der Waals surface area contributed by atoms with E-state index in [1.165, 1.54) is 0 Å². The average molecular weight is 388 g/mol. The van der Waals surface area contributed by atoms with Gasteiger partial charge >= 0.3 is 0 Å². The summed E-state index contributed by atoms with van der Waals surface area (Å²) in [6, 6.07) is 2.82. The van der Waals surface area contributed by atoms with Gasteiger partial charge in [0.1, 0.15) is 5.82 Å². The van der Waals surface area contributed by atoms with Crippen molar-refractivity contribution in [3.05, 3.63) is 35.8 Å². The van der Waals surface area contributed by atoms with Crippen LogP contribution in [0.5, 0.6) is 0 Å². The van der Waals surface area contributed by atoms with Crippen LogP contribution < -0.4 is 10.2 Å². The Morgan fingerprint density at radius 2 is 2.04 bits per heavy atom. The number of nitrogens with zero attached hydrogens (tertiary/aromatic N) is 5. The Hall–Kier alpha value is -2.68. The average Bonchev–Trinajstić information content (AvgIpc) is 3.06. The van der Waals surface area contributed by atoms with Crippen LogP contribution in [-0.4, -0.2) is 64.9 Å². The number of aromatic nitrogens is 3. The highest BCUT2D eigenvalue weighted by molar-refractivity contribution is 5.82. The van der Waals surface area contributed by atoms with E-state index in [9.17, 15) is 13.6 Å². The van der Waals surface area contributed by atoms with Crippen molar-refractivity contribution in [2.24, 2.45) is 0 Å². The summed E-state index contributed by atoms with van der Waals surface area (Å²) in [7, 11) is 3.84. The van der Waals surface area contributed by atoms with Crippen LogP contribution in [0.3, 0.4) is 0 Å². The number of carbonyl (C=O) groups is 1. The summed E-state index contributed by atoms with van der Waals surface area (Å²) in [5.41, 5.74) is 2.59. The van der Waals surface area contributed by atoms with Crippen molar-refractivity contribution in [1.82, 2.24) is 25.2 Å². The molecule has 0 unspecified atom stereocenters. The highest BCUT2D eigenvalue weighted by atomic mass is 19.3. The lowest BCUT2D eigenvalue weighted by Gasteiger charge is -2.32. The summed E-state index contributed by atoms with van der Waals surface area (Å²) in [4.78, 5) is 29.7. The van der Waals surface area contributed by atoms with Gasteiger partial charge in [0.2, 0.25) is 5.91 Å². The topological polar surface area (TPSA) is 74.2 Å². The largest absolute Gasteiger partial charge is 0.362 e. The van der Waals surface area contributed by atoms with Crippen molar-refractivity contribution in [2.75, 3.05) is 32.1 Å². The van der Waals surface area contributed by atoms with E-state index in [0.29, 0.717) is 25.3 Å². The molecular formula is C19H22F2N6O. The fraction of sp³-hybridized carbons (Fsp3) is 0.474. The second-order valence-corrected chi connectivity index (χ2v) is 7.43. The Morgan fingerprint density at radius 1 is 1.29 bits per heavy atom. The maximum absolute atomic E-state index is 13.5. The predicted octanol–water partition coefficient (Wildman–Crippen LogP) is 1.49. The van der Waals surface area contributed by atoms with Gasteiger partial charge in [-0.25, -0.2) is 18.7 Å². The van der Waals surface area contributed by atoms with Crippen molar-refractivity contribution >= 4 is 11.7 Å². The highest BCUT2D eigenvalue weighted by Gasteiger charge is 2.44. The van der Waals surface area contributed by atoms with E-state index in [2.05, 4.69) is 15.3 Å². The van der Waals surface area contributed by atoms with Crippen molar-refractivity contribution in [3.63, 3.8) is 0 Å². The number of hydrogen-bond donors (Lipinski definition) is 1. The van der Waals surface area contributed by atoms with E-state index in [4.69, 9.17) is 4.98 Å². The molecule has 0 aromatic carbocycles. The Labute approximate surface area is 161 Å². The van der Waals surface area contributed by atoms with Crippen LogP contribution in [0.25, 0.3) is 11.4 Å². The summed E-state index contributed by atoms with van der Waals surface area (Å²) in [5.74, 6) is -1.75. The number of rotatable bonds is 3. The first-order valence-corrected chi connectivity index (χ1v) is 9.21. The number of nitrogens with one attached hydrogen (secondary N) is 1. The first-order chi connectivity index (χ1) is 13.3. The molecular weight excluding hydrogens is 366 g/mol. The van der Waals surface area contributed by atoms with Crippen LogP contribution >= 0.6 is 0 Å². The van der Waals surface area contributed by atoms with Gasteiger partial charge in [0.25, 0.3) is 5.92 Å². The molecule has 148 valence electrons. The van der Waals surface area contributed by atoms with E-state index in [-0.39, 0.29) is 5.91 Å². The fourth-order valence-corrected chi connectivity index (χ4v) is 3.71. The van der Waals surface area contributed by atoms with Crippen LogP contribution in [0.1, 0.15) is 17.7 Å². The van der Waals surface area contributed by atoms with Gasteiger partial charge in [0.15, 0.2) is 5.82 Å². The van der Waals surface area contributed by atoms with Crippen LogP contribution in [0.4, 0.5) is 14.6 Å². The van der Waals surface area contributed by atoms with Gasteiger partial charge in [-0.15, -0.1) is 0 Å². The Morgan fingerprint density at radius 3 is 2.68 bits per heavy atom. The molecule has 2 aliphatic rings. The third-order valence-electron chi connectivity index (χ3n) is 5.13. The number of fused-ring (bicyclic) bond motifs is 1. The Bertz CT molecular complexity index is 889. The highest BCUT2D eigenvalue weighted by Crippen LogP contribution is 2.30. The van der Waals surface area contributed by atoms with Crippen molar-refractivity contribution in [2.45, 2.75) is 31.4 Å². The molecule has 0 aliphatic carbocycles. The third kappa shape index (κ3) is 3.54. The smallest absolute Gasteiger partial charge is 0.262 e. The molecule has 28 heavy (non-hydrogen) atoms. The number of halogens is 2. The maximum Gasteiger partial charge on any atom is 0.262 e. The molecule has 2 aromatic heterocycles. The lowest BCUT2D eigenvalue weighted by atomic mass is 10.0. The van der Waals surface area contributed by atoms with Gasteiger partial charge in [-0.1, -0.05) is 0 Å². The van der Waals surface area contributed by atoms with Crippen molar-refractivity contribution in [1.29, 1.82) is 0 Å². The van der Waals surface area contributed by atoms with Crippen molar-refractivity contribution in [3.8, 4) is 11.4 Å². The van der Waals surface area contributed by atoms with Gasteiger partial charge in [0.05, 0.1) is 24.8 Å². The molecule has 1 amide bonds. The Balaban J connectivity index is 1.64. The van der Waals surface area contributed by atoms with Gasteiger partial charge in [-0.3, -0.25) is 15.1 Å². The molecule has 0 spiro atoms. The minimum Gasteiger partial charge on any atom is -0.362 e. The van der Waals surface area contributed by atoms with Crippen LogP contribution in [0, 0.1) is 0 Å². The number of alkyl halides is 2. The molecule has 9 heteroatoms. The second kappa shape index (κ2) is 7.05. The number of anilines is 1.